The van der Waals surface area contributed by atoms with Crippen molar-refractivity contribution >= 4 is 44.0 Å². The lowest BCUT2D eigenvalue weighted by Crippen LogP contribution is -2.33. The molecule has 2 fully saturated rings. The Balaban J connectivity index is 2.09. The third kappa shape index (κ3) is 4.70. The minimum atomic E-state index is -2.94. The molecule has 23 heavy (non-hydrogen) atoms. The minimum absolute atomic E-state index is 0.0378. The fraction of sp³-hybridized carbons (Fsp3) is 0.733. The van der Waals surface area contributed by atoms with Crippen LogP contribution in [-0.2, 0) is 14.6 Å². The van der Waals surface area contributed by atoms with Crippen molar-refractivity contribution in [1.82, 2.24) is 9.80 Å². The van der Waals surface area contributed by atoms with Gasteiger partial charge in [-0.2, -0.15) is 0 Å². The molecule has 2 rings (SSSR count). The SMILES string of the molecule is CCN(C=C1SC(=S)N(CCC(C)C)C1=O)C1CCS(=O)(=O)C1. The van der Waals surface area contributed by atoms with Gasteiger partial charge in [0.15, 0.2) is 9.84 Å². The second-order valence-electron chi connectivity index (χ2n) is 6.39. The second kappa shape index (κ2) is 7.53. The highest BCUT2D eigenvalue weighted by Crippen LogP contribution is 2.32. The van der Waals surface area contributed by atoms with Crippen LogP contribution in [0.3, 0.4) is 0 Å². The molecule has 0 N–H and O–H groups in total. The molecule has 5 nitrogen and oxygen atoms in total. The van der Waals surface area contributed by atoms with Crippen molar-refractivity contribution < 1.29 is 13.2 Å². The number of thiocarbonyl (C=S) groups is 1. The van der Waals surface area contributed by atoms with Crippen LogP contribution in [-0.4, -0.2) is 59.1 Å². The number of thioether (sulfide) groups is 1. The second-order valence-corrected chi connectivity index (χ2v) is 10.3. The Labute approximate surface area is 148 Å². The van der Waals surface area contributed by atoms with Gasteiger partial charge in [0.05, 0.1) is 16.4 Å². The quantitative estimate of drug-likeness (QED) is 0.523. The van der Waals surface area contributed by atoms with Crippen LogP contribution in [0.1, 0.15) is 33.6 Å². The molecule has 2 aliphatic rings. The van der Waals surface area contributed by atoms with Crippen molar-refractivity contribution in [2.45, 2.75) is 39.7 Å². The summed E-state index contributed by atoms with van der Waals surface area (Å²) in [4.78, 5) is 16.8. The summed E-state index contributed by atoms with van der Waals surface area (Å²) >= 11 is 6.63. The van der Waals surface area contributed by atoms with E-state index in [4.69, 9.17) is 12.2 Å². The van der Waals surface area contributed by atoms with Crippen molar-refractivity contribution in [3.8, 4) is 0 Å². The van der Waals surface area contributed by atoms with E-state index in [1.54, 1.807) is 11.1 Å². The zero-order chi connectivity index (χ0) is 17.2. The molecular weight excluding hydrogens is 352 g/mol. The predicted octanol–water partition coefficient (Wildman–Crippen LogP) is 2.24. The number of carbonyl (C=O) groups excluding carboxylic acids is 1. The van der Waals surface area contributed by atoms with Gasteiger partial charge < -0.3 is 4.90 Å². The van der Waals surface area contributed by atoms with Crippen LogP contribution in [0, 0.1) is 5.92 Å². The summed E-state index contributed by atoms with van der Waals surface area (Å²) in [6, 6.07) is -0.0378. The number of hydrogen-bond donors (Lipinski definition) is 0. The first kappa shape index (κ1) is 18.7. The van der Waals surface area contributed by atoms with Gasteiger partial charge in [0.25, 0.3) is 5.91 Å². The van der Waals surface area contributed by atoms with Gasteiger partial charge in [0.1, 0.15) is 4.32 Å². The first-order chi connectivity index (χ1) is 10.7. The van der Waals surface area contributed by atoms with Crippen molar-refractivity contribution in [2.75, 3.05) is 24.6 Å². The van der Waals surface area contributed by atoms with E-state index in [-0.39, 0.29) is 23.5 Å². The normalized spacial score (nSPS) is 25.8. The van der Waals surface area contributed by atoms with Gasteiger partial charge in [-0.05, 0) is 25.7 Å². The third-order valence-electron chi connectivity index (χ3n) is 4.13. The lowest BCUT2D eigenvalue weighted by atomic mass is 10.1. The van der Waals surface area contributed by atoms with Crippen LogP contribution in [0.5, 0.6) is 0 Å². The lowest BCUT2D eigenvalue weighted by molar-refractivity contribution is -0.122. The molecule has 8 heteroatoms. The van der Waals surface area contributed by atoms with Gasteiger partial charge in [-0.1, -0.05) is 37.8 Å². The highest BCUT2D eigenvalue weighted by Gasteiger charge is 2.35. The Morgan fingerprint density at radius 3 is 2.70 bits per heavy atom. The number of hydrogen-bond acceptors (Lipinski definition) is 6. The summed E-state index contributed by atoms with van der Waals surface area (Å²) < 4.78 is 23.9. The smallest absolute Gasteiger partial charge is 0.267 e. The van der Waals surface area contributed by atoms with Crippen LogP contribution >= 0.6 is 24.0 Å². The van der Waals surface area contributed by atoms with Crippen LogP contribution in [0.15, 0.2) is 11.1 Å². The van der Waals surface area contributed by atoms with Crippen molar-refractivity contribution in [1.29, 1.82) is 0 Å². The molecular formula is C15H24N2O3S3. The molecule has 0 aromatic heterocycles. The van der Waals surface area contributed by atoms with Crippen molar-refractivity contribution in [3.05, 3.63) is 11.1 Å². The standard InChI is InChI=1S/C15H24N2O3S3/c1-4-16(12-6-8-23(19,20)10-12)9-13-14(18)17(15(21)22-13)7-5-11(2)3/h9,11-12H,4-8,10H2,1-3H3. The molecule has 0 aromatic carbocycles. The van der Waals surface area contributed by atoms with Crippen LogP contribution in [0.25, 0.3) is 0 Å². The monoisotopic (exact) mass is 376 g/mol. The summed E-state index contributed by atoms with van der Waals surface area (Å²) in [5.41, 5.74) is 0. The Bertz CT molecular complexity index is 613. The van der Waals surface area contributed by atoms with Gasteiger partial charge in [0, 0.05) is 25.3 Å². The summed E-state index contributed by atoms with van der Waals surface area (Å²) in [5.74, 6) is 0.863. The highest BCUT2D eigenvalue weighted by atomic mass is 32.2. The highest BCUT2D eigenvalue weighted by molar-refractivity contribution is 8.26. The van der Waals surface area contributed by atoms with Crippen molar-refractivity contribution in [3.63, 3.8) is 0 Å². The molecule has 0 aromatic rings. The number of rotatable bonds is 6. The number of nitrogens with zero attached hydrogens (tertiary/aromatic N) is 2. The first-order valence-electron chi connectivity index (χ1n) is 7.95. The predicted molar refractivity (Wildman–Crippen MR) is 98.9 cm³/mol. The summed E-state index contributed by atoms with van der Waals surface area (Å²) in [6.07, 6.45) is 3.35. The molecule has 0 saturated carbocycles. The van der Waals surface area contributed by atoms with Crippen LogP contribution in [0.4, 0.5) is 0 Å². The van der Waals surface area contributed by atoms with Gasteiger partial charge in [0.2, 0.25) is 0 Å². The average molecular weight is 377 g/mol. The first-order valence-corrected chi connectivity index (χ1v) is 11.0. The summed E-state index contributed by atoms with van der Waals surface area (Å²) in [7, 11) is -2.94. The number of carbonyl (C=O) groups is 1. The molecule has 2 aliphatic heterocycles. The van der Waals surface area contributed by atoms with Crippen LogP contribution in [0.2, 0.25) is 0 Å². The van der Waals surface area contributed by atoms with E-state index in [1.165, 1.54) is 11.8 Å². The molecule has 0 aliphatic carbocycles. The van der Waals surface area contributed by atoms with Gasteiger partial charge >= 0.3 is 0 Å². The van der Waals surface area contributed by atoms with E-state index >= 15 is 0 Å². The molecule has 2 saturated heterocycles. The largest absolute Gasteiger partial charge is 0.373 e. The van der Waals surface area contributed by atoms with Gasteiger partial charge in [-0.15, -0.1) is 0 Å². The summed E-state index contributed by atoms with van der Waals surface area (Å²) in [6.45, 7) is 7.53. The topological polar surface area (TPSA) is 57.7 Å². The van der Waals surface area contributed by atoms with E-state index in [9.17, 15) is 13.2 Å². The number of sulfone groups is 1. The van der Waals surface area contributed by atoms with E-state index < -0.39 is 9.84 Å². The Kier molecular flexibility index (Phi) is 6.13. The maximum Gasteiger partial charge on any atom is 0.267 e. The molecule has 2 heterocycles. The number of amides is 1. The molecule has 1 atom stereocenters. The molecule has 0 radical (unpaired) electrons. The Morgan fingerprint density at radius 1 is 1.48 bits per heavy atom. The van der Waals surface area contributed by atoms with Gasteiger partial charge in [-0.3, -0.25) is 9.69 Å². The third-order valence-corrected chi connectivity index (χ3v) is 7.24. The molecule has 1 amide bonds. The van der Waals surface area contributed by atoms with Gasteiger partial charge in [-0.25, -0.2) is 8.42 Å². The van der Waals surface area contributed by atoms with E-state index in [0.717, 1.165) is 6.42 Å². The average Bonchev–Trinajstić information content (AvgIpc) is 2.94. The molecule has 0 spiro atoms. The molecule has 130 valence electrons. The minimum Gasteiger partial charge on any atom is -0.373 e. The Hall–Kier alpha value is -0.600. The van der Waals surface area contributed by atoms with E-state index in [2.05, 4.69) is 13.8 Å². The maximum atomic E-state index is 12.5. The Morgan fingerprint density at radius 2 is 2.17 bits per heavy atom. The zero-order valence-electron chi connectivity index (χ0n) is 13.8. The fourth-order valence-corrected chi connectivity index (χ4v) is 5.76. The van der Waals surface area contributed by atoms with E-state index in [1.807, 2.05) is 11.8 Å². The van der Waals surface area contributed by atoms with Crippen molar-refractivity contribution in [2.24, 2.45) is 5.92 Å². The molecule has 1 unspecified atom stereocenters. The summed E-state index contributed by atoms with van der Waals surface area (Å²) in [5, 5.41) is 0. The maximum absolute atomic E-state index is 12.5. The lowest BCUT2D eigenvalue weighted by Gasteiger charge is -2.25. The molecule has 0 bridgehead atoms. The van der Waals surface area contributed by atoms with Crippen LogP contribution < -0.4 is 0 Å². The zero-order valence-corrected chi connectivity index (χ0v) is 16.3. The van der Waals surface area contributed by atoms with E-state index in [0.29, 0.717) is 34.7 Å². The fourth-order valence-electron chi connectivity index (χ4n) is 2.71.